The van der Waals surface area contributed by atoms with E-state index >= 15 is 0 Å². The fourth-order valence-electron chi connectivity index (χ4n) is 1.07. The van der Waals surface area contributed by atoms with Crippen LogP contribution in [-0.4, -0.2) is 32.2 Å². The molecule has 0 spiro atoms. The van der Waals surface area contributed by atoms with E-state index in [0.29, 0.717) is 39.1 Å². The lowest BCUT2D eigenvalue weighted by Crippen LogP contribution is -2.27. The first kappa shape index (κ1) is 16.0. The summed E-state index contributed by atoms with van der Waals surface area (Å²) in [6.45, 7) is 4.03. The van der Waals surface area contributed by atoms with Crippen molar-refractivity contribution in [1.29, 1.82) is 10.5 Å². The van der Waals surface area contributed by atoms with Gasteiger partial charge in [-0.3, -0.25) is 4.79 Å². The Morgan fingerprint density at radius 3 is 2.78 bits per heavy atom. The van der Waals surface area contributed by atoms with Crippen LogP contribution in [-0.2, 0) is 9.53 Å². The van der Waals surface area contributed by atoms with Crippen molar-refractivity contribution >= 4 is 5.91 Å². The molecule has 0 fully saturated rings. The molecule has 0 aliphatic rings. The van der Waals surface area contributed by atoms with E-state index in [-0.39, 0.29) is 5.57 Å². The lowest BCUT2D eigenvalue weighted by molar-refractivity contribution is -0.117. The summed E-state index contributed by atoms with van der Waals surface area (Å²) in [4.78, 5) is 11.5. The molecule has 6 heteroatoms. The Balaban J connectivity index is 3.90. The third-order valence-corrected chi connectivity index (χ3v) is 1.95. The molecule has 0 aromatic rings. The standard InChI is InChI=1S/C12H18N4O2/c1-2-18-8-4-7-16-12(17)11(9-14)10-15-6-3-5-13/h10,15H,2-4,6-8H2,1H3,(H,16,17)/b11-10-. The molecule has 1 amide bonds. The Bertz CT molecular complexity index is 352. The number of amides is 1. The summed E-state index contributed by atoms with van der Waals surface area (Å²) in [5.41, 5.74) is 0.00403. The summed E-state index contributed by atoms with van der Waals surface area (Å²) in [5.74, 6) is -0.418. The first-order valence-electron chi connectivity index (χ1n) is 5.82. The van der Waals surface area contributed by atoms with Gasteiger partial charge in [0.25, 0.3) is 5.91 Å². The molecule has 98 valence electrons. The van der Waals surface area contributed by atoms with E-state index in [9.17, 15) is 4.79 Å². The third-order valence-electron chi connectivity index (χ3n) is 1.95. The maximum absolute atomic E-state index is 11.5. The van der Waals surface area contributed by atoms with Crippen LogP contribution in [0.3, 0.4) is 0 Å². The first-order chi connectivity index (χ1) is 8.76. The van der Waals surface area contributed by atoms with Crippen LogP contribution < -0.4 is 10.6 Å². The number of carbonyl (C=O) groups excluding carboxylic acids is 1. The summed E-state index contributed by atoms with van der Waals surface area (Å²) in [7, 11) is 0. The van der Waals surface area contributed by atoms with Crippen molar-refractivity contribution < 1.29 is 9.53 Å². The zero-order valence-electron chi connectivity index (χ0n) is 10.5. The van der Waals surface area contributed by atoms with Gasteiger partial charge < -0.3 is 15.4 Å². The second-order valence-corrected chi connectivity index (χ2v) is 3.34. The van der Waals surface area contributed by atoms with Gasteiger partial charge in [-0.05, 0) is 13.3 Å². The molecule has 0 saturated heterocycles. The second-order valence-electron chi connectivity index (χ2n) is 3.34. The third kappa shape index (κ3) is 8.14. The van der Waals surface area contributed by atoms with E-state index in [1.165, 1.54) is 6.20 Å². The molecule has 0 aromatic carbocycles. The monoisotopic (exact) mass is 250 g/mol. The van der Waals surface area contributed by atoms with E-state index in [1.807, 2.05) is 13.0 Å². The number of nitrogens with zero attached hydrogens (tertiary/aromatic N) is 2. The zero-order chi connectivity index (χ0) is 13.6. The normalized spacial score (nSPS) is 10.3. The molecule has 0 rings (SSSR count). The number of carbonyl (C=O) groups is 1. The molecule has 0 saturated carbocycles. The number of rotatable bonds is 9. The Kier molecular flexibility index (Phi) is 10.1. The van der Waals surface area contributed by atoms with Gasteiger partial charge in [0.15, 0.2) is 0 Å². The van der Waals surface area contributed by atoms with Crippen molar-refractivity contribution in [2.45, 2.75) is 19.8 Å². The van der Waals surface area contributed by atoms with Gasteiger partial charge in [-0.15, -0.1) is 0 Å². The smallest absolute Gasteiger partial charge is 0.263 e. The van der Waals surface area contributed by atoms with Crippen molar-refractivity contribution in [3.8, 4) is 12.1 Å². The van der Waals surface area contributed by atoms with Crippen LogP contribution in [0.5, 0.6) is 0 Å². The molecule has 2 N–H and O–H groups in total. The highest BCUT2D eigenvalue weighted by atomic mass is 16.5. The number of ether oxygens (including phenoxy) is 1. The molecule has 0 atom stereocenters. The van der Waals surface area contributed by atoms with Gasteiger partial charge in [0.2, 0.25) is 0 Å². The van der Waals surface area contributed by atoms with Gasteiger partial charge in [-0.1, -0.05) is 0 Å². The number of nitrogens with one attached hydrogen (secondary N) is 2. The maximum Gasteiger partial charge on any atom is 0.263 e. The molecule has 0 bridgehead atoms. The van der Waals surface area contributed by atoms with E-state index in [1.54, 1.807) is 6.07 Å². The average Bonchev–Trinajstić information content (AvgIpc) is 2.38. The zero-order valence-corrected chi connectivity index (χ0v) is 10.5. The van der Waals surface area contributed by atoms with E-state index in [4.69, 9.17) is 15.3 Å². The van der Waals surface area contributed by atoms with Crippen LogP contribution in [0.1, 0.15) is 19.8 Å². The molecule has 0 aliphatic carbocycles. The summed E-state index contributed by atoms with van der Waals surface area (Å²) in [6, 6.07) is 3.76. The highest BCUT2D eigenvalue weighted by molar-refractivity contribution is 5.97. The lowest BCUT2D eigenvalue weighted by Gasteiger charge is -2.04. The Labute approximate surface area is 107 Å². The molecule has 0 aromatic heterocycles. The molecular weight excluding hydrogens is 232 g/mol. The Morgan fingerprint density at radius 1 is 1.39 bits per heavy atom. The van der Waals surface area contributed by atoms with Crippen molar-refractivity contribution in [3.05, 3.63) is 11.8 Å². The minimum absolute atomic E-state index is 0.00403. The minimum Gasteiger partial charge on any atom is -0.389 e. The average molecular weight is 250 g/mol. The molecule has 0 radical (unpaired) electrons. The van der Waals surface area contributed by atoms with Gasteiger partial charge in [0, 0.05) is 32.5 Å². The quantitative estimate of drug-likeness (QED) is 0.351. The number of hydrogen-bond acceptors (Lipinski definition) is 5. The second kappa shape index (κ2) is 11.4. The van der Waals surface area contributed by atoms with Gasteiger partial charge >= 0.3 is 0 Å². The predicted molar refractivity (Wildman–Crippen MR) is 66.0 cm³/mol. The SMILES string of the molecule is CCOCCCNC(=O)/C(C#N)=C\NCCC#N. The van der Waals surface area contributed by atoms with Crippen molar-refractivity contribution in [2.24, 2.45) is 0 Å². The van der Waals surface area contributed by atoms with E-state index in [0.717, 1.165) is 0 Å². The summed E-state index contributed by atoms with van der Waals surface area (Å²) >= 11 is 0. The Hall–Kier alpha value is -2.05. The highest BCUT2D eigenvalue weighted by Crippen LogP contribution is 1.91. The highest BCUT2D eigenvalue weighted by Gasteiger charge is 2.07. The summed E-state index contributed by atoms with van der Waals surface area (Å²) in [5, 5.41) is 22.5. The van der Waals surface area contributed by atoms with Crippen molar-refractivity contribution in [2.75, 3.05) is 26.3 Å². The van der Waals surface area contributed by atoms with Gasteiger partial charge in [-0.25, -0.2) is 0 Å². The molecule has 6 nitrogen and oxygen atoms in total. The maximum atomic E-state index is 11.5. The first-order valence-corrected chi connectivity index (χ1v) is 5.82. The van der Waals surface area contributed by atoms with Gasteiger partial charge in [0.1, 0.15) is 11.6 Å². The van der Waals surface area contributed by atoms with E-state index in [2.05, 4.69) is 10.6 Å². The summed E-state index contributed by atoms with van der Waals surface area (Å²) in [6.07, 6.45) is 2.36. The Morgan fingerprint density at radius 2 is 2.17 bits per heavy atom. The van der Waals surface area contributed by atoms with Crippen LogP contribution in [0.2, 0.25) is 0 Å². The van der Waals surface area contributed by atoms with Crippen LogP contribution >= 0.6 is 0 Å². The topological polar surface area (TPSA) is 97.9 Å². The van der Waals surface area contributed by atoms with Crippen LogP contribution in [0.4, 0.5) is 0 Å². The number of hydrogen-bond donors (Lipinski definition) is 2. The molecule has 0 unspecified atom stereocenters. The fraction of sp³-hybridized carbons (Fsp3) is 0.583. The van der Waals surface area contributed by atoms with Crippen molar-refractivity contribution in [3.63, 3.8) is 0 Å². The fourth-order valence-corrected chi connectivity index (χ4v) is 1.07. The molecule has 0 heterocycles. The minimum atomic E-state index is -0.418. The summed E-state index contributed by atoms with van der Waals surface area (Å²) < 4.78 is 5.12. The predicted octanol–water partition coefficient (Wildman–Crippen LogP) is 0.440. The molecule has 18 heavy (non-hydrogen) atoms. The van der Waals surface area contributed by atoms with Crippen LogP contribution in [0, 0.1) is 22.7 Å². The van der Waals surface area contributed by atoms with Crippen LogP contribution in [0.15, 0.2) is 11.8 Å². The van der Waals surface area contributed by atoms with Crippen molar-refractivity contribution in [1.82, 2.24) is 10.6 Å². The lowest BCUT2D eigenvalue weighted by atomic mass is 10.3. The number of nitriles is 2. The van der Waals surface area contributed by atoms with Crippen LogP contribution in [0.25, 0.3) is 0 Å². The van der Waals surface area contributed by atoms with Gasteiger partial charge in [-0.2, -0.15) is 10.5 Å². The molecule has 0 aliphatic heterocycles. The van der Waals surface area contributed by atoms with Gasteiger partial charge in [0.05, 0.1) is 12.5 Å². The largest absolute Gasteiger partial charge is 0.389 e. The molecular formula is C12H18N4O2. The van der Waals surface area contributed by atoms with E-state index < -0.39 is 5.91 Å².